The Bertz CT molecular complexity index is 200. The summed E-state index contributed by atoms with van der Waals surface area (Å²) in [5.74, 6) is -0.338. The predicted molar refractivity (Wildman–Crippen MR) is 47.0 cm³/mol. The highest BCUT2D eigenvalue weighted by atomic mass is 19.1. The van der Waals surface area contributed by atoms with Gasteiger partial charge in [0.2, 0.25) is 0 Å². The highest BCUT2D eigenvalue weighted by molar-refractivity contribution is 5.84. The molecule has 1 unspecified atom stereocenters. The summed E-state index contributed by atoms with van der Waals surface area (Å²) in [5, 5.41) is 8.84. The van der Waals surface area contributed by atoms with Crippen LogP contribution in [0.15, 0.2) is 0 Å². The molecule has 4 heteroatoms. The maximum absolute atomic E-state index is 13.2. The first-order valence-corrected chi connectivity index (χ1v) is 4.54. The molecule has 1 heterocycles. The number of carbonyl (C=O) groups excluding carboxylic acids is 1. The Morgan fingerprint density at radius 1 is 1.69 bits per heavy atom. The van der Waals surface area contributed by atoms with Crippen molar-refractivity contribution in [3.8, 4) is 0 Å². The molecule has 1 N–H and O–H groups in total. The number of likely N-dealkylation sites (tertiary alicyclic amines) is 1. The van der Waals surface area contributed by atoms with E-state index in [2.05, 4.69) is 0 Å². The Hall–Kier alpha value is -0.640. The summed E-state index contributed by atoms with van der Waals surface area (Å²) in [6.45, 7) is 3.67. The molecule has 0 spiro atoms. The van der Waals surface area contributed by atoms with Crippen molar-refractivity contribution >= 4 is 5.91 Å². The fourth-order valence-corrected chi connectivity index (χ4v) is 1.54. The smallest absolute Gasteiger partial charge is 0.259 e. The van der Waals surface area contributed by atoms with Gasteiger partial charge in [-0.3, -0.25) is 4.79 Å². The van der Waals surface area contributed by atoms with Gasteiger partial charge in [0.15, 0.2) is 5.67 Å². The van der Waals surface area contributed by atoms with E-state index in [1.807, 2.05) is 0 Å². The Kier molecular flexibility index (Phi) is 2.91. The van der Waals surface area contributed by atoms with E-state index in [1.165, 1.54) is 18.7 Å². The van der Waals surface area contributed by atoms with Crippen LogP contribution in [0.2, 0.25) is 0 Å². The summed E-state index contributed by atoms with van der Waals surface area (Å²) in [6, 6.07) is 0. The largest absolute Gasteiger partial charge is 0.396 e. The minimum absolute atomic E-state index is 0.0799. The first kappa shape index (κ1) is 10.4. The number of rotatable bonds is 2. The topological polar surface area (TPSA) is 40.5 Å². The zero-order chi connectivity index (χ0) is 10.1. The zero-order valence-electron chi connectivity index (χ0n) is 8.09. The number of carbonyl (C=O) groups is 1. The van der Waals surface area contributed by atoms with Gasteiger partial charge in [-0.2, -0.15) is 0 Å². The second kappa shape index (κ2) is 3.62. The lowest BCUT2D eigenvalue weighted by molar-refractivity contribution is -0.140. The van der Waals surface area contributed by atoms with E-state index in [0.717, 1.165) is 6.42 Å². The monoisotopic (exact) mass is 189 g/mol. The molecule has 0 bridgehead atoms. The van der Waals surface area contributed by atoms with Gasteiger partial charge in [-0.25, -0.2) is 4.39 Å². The molecular weight excluding hydrogens is 173 g/mol. The third kappa shape index (κ3) is 2.40. The highest BCUT2D eigenvalue weighted by Crippen LogP contribution is 2.21. The average molecular weight is 189 g/mol. The Morgan fingerprint density at radius 3 is 2.69 bits per heavy atom. The molecule has 1 aliphatic heterocycles. The summed E-state index contributed by atoms with van der Waals surface area (Å²) >= 11 is 0. The van der Waals surface area contributed by atoms with Crippen molar-refractivity contribution in [2.75, 3.05) is 19.7 Å². The first-order chi connectivity index (χ1) is 5.95. The average Bonchev–Trinajstić information content (AvgIpc) is 2.48. The van der Waals surface area contributed by atoms with E-state index in [-0.39, 0.29) is 12.5 Å². The van der Waals surface area contributed by atoms with Gasteiger partial charge in [-0.05, 0) is 20.3 Å². The molecule has 3 nitrogen and oxygen atoms in total. The number of alkyl halides is 1. The molecule has 0 aliphatic carbocycles. The molecule has 0 aromatic heterocycles. The van der Waals surface area contributed by atoms with Crippen molar-refractivity contribution in [2.45, 2.75) is 25.9 Å². The van der Waals surface area contributed by atoms with Crippen LogP contribution in [0.3, 0.4) is 0 Å². The summed E-state index contributed by atoms with van der Waals surface area (Å²) in [4.78, 5) is 12.9. The van der Waals surface area contributed by atoms with Crippen LogP contribution in [-0.2, 0) is 4.79 Å². The van der Waals surface area contributed by atoms with Gasteiger partial charge in [-0.15, -0.1) is 0 Å². The number of hydrogen-bond acceptors (Lipinski definition) is 2. The SMILES string of the molecule is CC(C)(F)C(=O)N1CCC(CO)C1. The van der Waals surface area contributed by atoms with Crippen LogP contribution in [0.25, 0.3) is 0 Å². The molecule has 1 atom stereocenters. The summed E-state index contributed by atoms with van der Waals surface area (Å²) in [7, 11) is 0. The van der Waals surface area contributed by atoms with Crippen molar-refractivity contribution in [3.63, 3.8) is 0 Å². The lowest BCUT2D eigenvalue weighted by atomic mass is 10.1. The molecule has 0 aromatic rings. The first-order valence-electron chi connectivity index (χ1n) is 4.54. The van der Waals surface area contributed by atoms with E-state index in [9.17, 15) is 9.18 Å². The number of nitrogens with zero attached hydrogens (tertiary/aromatic N) is 1. The minimum Gasteiger partial charge on any atom is -0.396 e. The van der Waals surface area contributed by atoms with Gasteiger partial charge >= 0.3 is 0 Å². The highest BCUT2D eigenvalue weighted by Gasteiger charge is 2.35. The van der Waals surface area contributed by atoms with Crippen molar-refractivity contribution < 1.29 is 14.3 Å². The standard InChI is InChI=1S/C9H16FNO2/c1-9(2,10)8(13)11-4-3-7(5-11)6-12/h7,12H,3-6H2,1-2H3. The van der Waals surface area contributed by atoms with Crippen molar-refractivity contribution in [1.29, 1.82) is 0 Å². The van der Waals surface area contributed by atoms with E-state index in [0.29, 0.717) is 13.1 Å². The third-order valence-electron chi connectivity index (χ3n) is 2.34. The molecule has 1 amide bonds. The van der Waals surface area contributed by atoms with Gasteiger partial charge in [-0.1, -0.05) is 0 Å². The van der Waals surface area contributed by atoms with Crippen LogP contribution in [0.1, 0.15) is 20.3 Å². The third-order valence-corrected chi connectivity index (χ3v) is 2.34. The minimum atomic E-state index is -1.79. The molecule has 1 saturated heterocycles. The predicted octanol–water partition coefficient (Wildman–Crippen LogP) is 0.575. The van der Waals surface area contributed by atoms with E-state index in [4.69, 9.17) is 5.11 Å². The Morgan fingerprint density at radius 2 is 2.31 bits per heavy atom. The van der Waals surface area contributed by atoms with E-state index < -0.39 is 11.6 Å². The van der Waals surface area contributed by atoms with E-state index >= 15 is 0 Å². The van der Waals surface area contributed by atoms with Gasteiger partial charge in [0.25, 0.3) is 5.91 Å². The van der Waals surface area contributed by atoms with Crippen LogP contribution >= 0.6 is 0 Å². The van der Waals surface area contributed by atoms with Crippen LogP contribution in [0, 0.1) is 5.92 Å². The summed E-state index contributed by atoms with van der Waals surface area (Å²) in [5.41, 5.74) is -1.79. The quantitative estimate of drug-likeness (QED) is 0.690. The normalized spacial score (nSPS) is 23.7. The van der Waals surface area contributed by atoms with Crippen molar-refractivity contribution in [2.24, 2.45) is 5.92 Å². The van der Waals surface area contributed by atoms with Gasteiger partial charge in [0.1, 0.15) is 0 Å². The number of aliphatic hydroxyl groups excluding tert-OH is 1. The lowest BCUT2D eigenvalue weighted by Gasteiger charge is -2.22. The lowest BCUT2D eigenvalue weighted by Crippen LogP contribution is -2.41. The molecule has 1 rings (SSSR count). The molecule has 76 valence electrons. The zero-order valence-corrected chi connectivity index (χ0v) is 8.09. The number of amides is 1. The molecule has 1 fully saturated rings. The molecule has 13 heavy (non-hydrogen) atoms. The Labute approximate surface area is 77.5 Å². The molecule has 1 aliphatic rings. The Balaban J connectivity index is 2.52. The van der Waals surface area contributed by atoms with Gasteiger partial charge in [0, 0.05) is 25.6 Å². The number of hydrogen-bond donors (Lipinski definition) is 1. The maximum atomic E-state index is 13.2. The molecule has 0 radical (unpaired) electrons. The maximum Gasteiger partial charge on any atom is 0.259 e. The van der Waals surface area contributed by atoms with Crippen LogP contribution < -0.4 is 0 Å². The van der Waals surface area contributed by atoms with Crippen LogP contribution in [-0.4, -0.2) is 41.3 Å². The van der Waals surface area contributed by atoms with Crippen LogP contribution in [0.5, 0.6) is 0 Å². The van der Waals surface area contributed by atoms with Gasteiger partial charge in [0.05, 0.1) is 0 Å². The second-order valence-electron chi connectivity index (χ2n) is 4.06. The number of aliphatic hydroxyl groups is 1. The summed E-state index contributed by atoms with van der Waals surface area (Å²) in [6.07, 6.45) is 0.776. The second-order valence-corrected chi connectivity index (χ2v) is 4.06. The van der Waals surface area contributed by atoms with Crippen molar-refractivity contribution in [3.05, 3.63) is 0 Å². The molecule has 0 saturated carbocycles. The number of halogens is 1. The van der Waals surface area contributed by atoms with Crippen molar-refractivity contribution in [1.82, 2.24) is 4.90 Å². The fourth-order valence-electron chi connectivity index (χ4n) is 1.54. The fraction of sp³-hybridized carbons (Fsp3) is 0.889. The summed E-state index contributed by atoms with van der Waals surface area (Å²) < 4.78 is 13.2. The van der Waals surface area contributed by atoms with Crippen LogP contribution in [0.4, 0.5) is 4.39 Å². The molecular formula is C9H16FNO2. The van der Waals surface area contributed by atoms with Gasteiger partial charge < -0.3 is 10.0 Å². The molecule has 0 aromatic carbocycles. The van der Waals surface area contributed by atoms with E-state index in [1.54, 1.807) is 0 Å².